The molecule has 3 N–H and O–H groups in total. The van der Waals surface area contributed by atoms with Crippen LogP contribution < -0.4 is 10.6 Å². The molecular weight excluding hydrogens is 422 g/mol. The lowest BCUT2D eigenvalue weighted by Crippen LogP contribution is -2.48. The molecule has 2 aromatic rings. The summed E-state index contributed by atoms with van der Waals surface area (Å²) in [6, 6.07) is 15.7. The van der Waals surface area contributed by atoms with Crippen molar-refractivity contribution in [2.24, 2.45) is 0 Å². The second kappa shape index (κ2) is 12.0. The van der Waals surface area contributed by atoms with Gasteiger partial charge in [-0.2, -0.15) is 0 Å². The van der Waals surface area contributed by atoms with Gasteiger partial charge in [0.25, 0.3) is 0 Å². The molecule has 178 valence electrons. The van der Waals surface area contributed by atoms with E-state index in [1.54, 1.807) is 26.8 Å². The quantitative estimate of drug-likeness (QED) is 0.539. The molecular formula is C25H33N3O5. The van der Waals surface area contributed by atoms with Crippen molar-refractivity contribution in [2.75, 3.05) is 19.7 Å². The molecule has 0 heterocycles. The molecule has 2 rings (SSSR count). The Balaban J connectivity index is 2.23. The van der Waals surface area contributed by atoms with Crippen LogP contribution in [0.4, 0.5) is 4.79 Å². The molecule has 0 spiro atoms. The molecule has 0 aliphatic carbocycles. The number of ether oxygens (including phenoxy) is 1. The molecule has 2 aromatic carbocycles. The largest absolute Gasteiger partial charge is 0.444 e. The Morgan fingerprint density at radius 2 is 1.73 bits per heavy atom. The average Bonchev–Trinajstić information content (AvgIpc) is 2.75. The molecule has 0 bridgehead atoms. The number of hydrogen-bond donors (Lipinski definition) is 3. The van der Waals surface area contributed by atoms with Crippen LogP contribution in [0.5, 0.6) is 0 Å². The SMILES string of the molecule is Cc1cccc(C(C(=O)NCc2ccccc2)N(CCO)C(=O)CNC(=O)OC(C)(C)C)c1. The van der Waals surface area contributed by atoms with Gasteiger partial charge in [0.05, 0.1) is 6.61 Å². The Kier molecular flexibility index (Phi) is 9.42. The van der Waals surface area contributed by atoms with E-state index in [1.165, 1.54) is 4.90 Å². The fourth-order valence-electron chi connectivity index (χ4n) is 3.26. The minimum atomic E-state index is -0.978. The van der Waals surface area contributed by atoms with Gasteiger partial charge in [-0.15, -0.1) is 0 Å². The van der Waals surface area contributed by atoms with Gasteiger partial charge in [0, 0.05) is 13.1 Å². The van der Waals surface area contributed by atoms with Gasteiger partial charge >= 0.3 is 6.09 Å². The number of amides is 3. The van der Waals surface area contributed by atoms with Crippen molar-refractivity contribution in [1.29, 1.82) is 0 Å². The molecule has 1 unspecified atom stereocenters. The van der Waals surface area contributed by atoms with E-state index in [9.17, 15) is 19.5 Å². The zero-order valence-corrected chi connectivity index (χ0v) is 19.6. The number of nitrogens with one attached hydrogen (secondary N) is 2. The van der Waals surface area contributed by atoms with Gasteiger partial charge in [-0.05, 0) is 38.8 Å². The maximum atomic E-state index is 13.3. The van der Waals surface area contributed by atoms with Crippen LogP contribution in [0.3, 0.4) is 0 Å². The number of benzene rings is 2. The molecule has 8 heteroatoms. The van der Waals surface area contributed by atoms with Crippen LogP contribution in [0, 0.1) is 6.92 Å². The van der Waals surface area contributed by atoms with Gasteiger partial charge in [-0.25, -0.2) is 4.79 Å². The Morgan fingerprint density at radius 1 is 1.03 bits per heavy atom. The number of alkyl carbamates (subject to hydrolysis) is 1. The fraction of sp³-hybridized carbons (Fsp3) is 0.400. The first-order chi connectivity index (χ1) is 15.6. The summed E-state index contributed by atoms with van der Waals surface area (Å²) in [5.41, 5.74) is 1.75. The summed E-state index contributed by atoms with van der Waals surface area (Å²) in [6.07, 6.45) is -0.736. The summed E-state index contributed by atoms with van der Waals surface area (Å²) in [7, 11) is 0. The predicted molar refractivity (Wildman–Crippen MR) is 125 cm³/mol. The zero-order valence-electron chi connectivity index (χ0n) is 19.6. The van der Waals surface area contributed by atoms with Crippen LogP contribution in [0.25, 0.3) is 0 Å². The van der Waals surface area contributed by atoms with Crippen molar-refractivity contribution in [1.82, 2.24) is 15.5 Å². The lowest BCUT2D eigenvalue weighted by molar-refractivity contribution is -0.140. The van der Waals surface area contributed by atoms with Gasteiger partial charge < -0.3 is 25.4 Å². The summed E-state index contributed by atoms with van der Waals surface area (Å²) in [5, 5.41) is 14.9. The van der Waals surface area contributed by atoms with Gasteiger partial charge in [-0.3, -0.25) is 9.59 Å². The smallest absolute Gasteiger partial charge is 0.408 e. The Bertz CT molecular complexity index is 941. The van der Waals surface area contributed by atoms with E-state index in [0.717, 1.165) is 11.1 Å². The maximum absolute atomic E-state index is 13.3. The van der Waals surface area contributed by atoms with Gasteiger partial charge in [0.15, 0.2) is 0 Å². The molecule has 1 atom stereocenters. The summed E-state index contributed by atoms with van der Waals surface area (Å²) < 4.78 is 5.17. The highest BCUT2D eigenvalue weighted by molar-refractivity contribution is 5.90. The number of aryl methyl sites for hydroxylation is 1. The number of hydrogen-bond acceptors (Lipinski definition) is 5. The summed E-state index contributed by atoms with van der Waals surface area (Å²) >= 11 is 0. The van der Waals surface area contributed by atoms with Gasteiger partial charge in [0.1, 0.15) is 18.2 Å². The highest BCUT2D eigenvalue weighted by atomic mass is 16.6. The number of rotatable bonds is 9. The number of nitrogens with zero attached hydrogens (tertiary/aromatic N) is 1. The van der Waals surface area contributed by atoms with E-state index < -0.39 is 23.6 Å². The van der Waals surface area contributed by atoms with E-state index in [2.05, 4.69) is 10.6 Å². The summed E-state index contributed by atoms with van der Waals surface area (Å²) in [5.74, 6) is -0.903. The summed E-state index contributed by atoms with van der Waals surface area (Å²) in [6.45, 7) is 6.55. The molecule has 0 fully saturated rings. The van der Waals surface area contributed by atoms with E-state index >= 15 is 0 Å². The van der Waals surface area contributed by atoms with E-state index in [4.69, 9.17) is 4.74 Å². The van der Waals surface area contributed by atoms with Crippen molar-refractivity contribution in [3.8, 4) is 0 Å². The van der Waals surface area contributed by atoms with Crippen molar-refractivity contribution < 1.29 is 24.2 Å². The second-order valence-electron chi connectivity index (χ2n) is 8.69. The number of aliphatic hydroxyl groups excluding tert-OH is 1. The molecule has 0 aliphatic heterocycles. The van der Waals surface area contributed by atoms with Crippen LogP contribution in [0.2, 0.25) is 0 Å². The lowest BCUT2D eigenvalue weighted by atomic mass is 10.0. The standard InChI is InChI=1S/C25H33N3O5/c1-18-9-8-12-20(15-18)22(23(31)26-16-19-10-6-5-7-11-19)28(13-14-29)21(30)17-27-24(32)33-25(2,3)4/h5-12,15,22,29H,13-14,16-17H2,1-4H3,(H,26,31)(H,27,32). The van der Waals surface area contributed by atoms with Crippen LogP contribution >= 0.6 is 0 Å². The van der Waals surface area contributed by atoms with Crippen LogP contribution in [0.1, 0.15) is 43.5 Å². The Morgan fingerprint density at radius 3 is 2.33 bits per heavy atom. The third kappa shape index (κ3) is 8.57. The molecule has 8 nitrogen and oxygen atoms in total. The van der Waals surface area contributed by atoms with Crippen molar-refractivity contribution in [3.63, 3.8) is 0 Å². The minimum absolute atomic E-state index is 0.0772. The average molecular weight is 456 g/mol. The van der Waals surface area contributed by atoms with Crippen molar-refractivity contribution >= 4 is 17.9 Å². The topological polar surface area (TPSA) is 108 Å². The van der Waals surface area contributed by atoms with E-state index in [0.29, 0.717) is 12.1 Å². The molecule has 0 saturated carbocycles. The van der Waals surface area contributed by atoms with Crippen molar-refractivity contribution in [2.45, 2.75) is 45.9 Å². The number of carbonyl (C=O) groups is 3. The molecule has 0 aromatic heterocycles. The first kappa shape index (κ1) is 25.9. The maximum Gasteiger partial charge on any atom is 0.408 e. The molecule has 3 amide bonds. The van der Waals surface area contributed by atoms with Crippen LogP contribution in [0.15, 0.2) is 54.6 Å². The Labute approximate surface area is 194 Å². The minimum Gasteiger partial charge on any atom is -0.444 e. The van der Waals surface area contributed by atoms with Crippen LogP contribution in [-0.2, 0) is 20.9 Å². The Hall–Kier alpha value is -3.39. The first-order valence-electron chi connectivity index (χ1n) is 10.9. The lowest BCUT2D eigenvalue weighted by Gasteiger charge is -2.31. The first-order valence-corrected chi connectivity index (χ1v) is 10.9. The number of carbonyl (C=O) groups excluding carboxylic acids is 3. The zero-order chi connectivity index (χ0) is 24.4. The molecule has 0 aliphatic rings. The number of aliphatic hydroxyl groups is 1. The molecule has 33 heavy (non-hydrogen) atoms. The van der Waals surface area contributed by atoms with E-state index in [-0.39, 0.29) is 25.6 Å². The predicted octanol–water partition coefficient (Wildman–Crippen LogP) is 2.70. The van der Waals surface area contributed by atoms with Crippen LogP contribution in [-0.4, -0.2) is 53.2 Å². The highest BCUT2D eigenvalue weighted by Gasteiger charge is 2.31. The van der Waals surface area contributed by atoms with Crippen molar-refractivity contribution in [3.05, 3.63) is 71.3 Å². The monoisotopic (exact) mass is 455 g/mol. The second-order valence-corrected chi connectivity index (χ2v) is 8.69. The normalized spacial score (nSPS) is 11.9. The fourth-order valence-corrected chi connectivity index (χ4v) is 3.26. The van der Waals surface area contributed by atoms with E-state index in [1.807, 2.05) is 55.5 Å². The third-order valence-corrected chi connectivity index (χ3v) is 4.67. The third-order valence-electron chi connectivity index (χ3n) is 4.67. The highest BCUT2D eigenvalue weighted by Crippen LogP contribution is 2.23. The van der Waals surface area contributed by atoms with Gasteiger partial charge in [0.2, 0.25) is 11.8 Å². The molecule has 0 radical (unpaired) electrons. The molecule has 0 saturated heterocycles. The van der Waals surface area contributed by atoms with Gasteiger partial charge in [-0.1, -0.05) is 60.2 Å². The summed E-state index contributed by atoms with van der Waals surface area (Å²) in [4.78, 5) is 39.6.